The lowest BCUT2D eigenvalue weighted by Gasteiger charge is -2.15. The van der Waals surface area contributed by atoms with Crippen molar-refractivity contribution in [3.05, 3.63) is 53.9 Å². The highest BCUT2D eigenvalue weighted by Crippen LogP contribution is 2.29. The third-order valence-corrected chi connectivity index (χ3v) is 4.11. The SMILES string of the molecule is COc1ccc(CNCc2cccnc2)cc1OCC1CCOC1. The average Bonchev–Trinajstić information content (AvgIpc) is 3.14. The van der Waals surface area contributed by atoms with E-state index in [0.29, 0.717) is 12.5 Å². The molecule has 0 amide bonds. The molecule has 5 nitrogen and oxygen atoms in total. The second-order valence-corrected chi connectivity index (χ2v) is 5.99. The largest absolute Gasteiger partial charge is 0.493 e. The molecule has 1 atom stereocenters. The van der Waals surface area contributed by atoms with Crippen LogP contribution in [0.3, 0.4) is 0 Å². The van der Waals surface area contributed by atoms with E-state index in [-0.39, 0.29) is 0 Å². The van der Waals surface area contributed by atoms with Gasteiger partial charge in [0.1, 0.15) is 0 Å². The Balaban J connectivity index is 1.56. The predicted molar refractivity (Wildman–Crippen MR) is 92.2 cm³/mol. The number of aromatic nitrogens is 1. The van der Waals surface area contributed by atoms with Crippen LogP contribution in [0.15, 0.2) is 42.7 Å². The molecule has 1 aliphatic heterocycles. The van der Waals surface area contributed by atoms with Gasteiger partial charge in [-0.25, -0.2) is 0 Å². The fraction of sp³-hybridized carbons (Fsp3) is 0.421. The van der Waals surface area contributed by atoms with E-state index < -0.39 is 0 Å². The normalized spacial score (nSPS) is 17.0. The molecule has 0 spiro atoms. The van der Waals surface area contributed by atoms with Gasteiger partial charge in [-0.2, -0.15) is 0 Å². The Morgan fingerprint density at radius 1 is 1.21 bits per heavy atom. The number of rotatable bonds is 8. The lowest BCUT2D eigenvalue weighted by Crippen LogP contribution is -2.14. The van der Waals surface area contributed by atoms with Crippen molar-refractivity contribution in [1.82, 2.24) is 10.3 Å². The van der Waals surface area contributed by atoms with Crippen molar-refractivity contribution in [3.63, 3.8) is 0 Å². The summed E-state index contributed by atoms with van der Waals surface area (Å²) in [5.74, 6) is 2.04. The molecule has 1 unspecified atom stereocenters. The monoisotopic (exact) mass is 328 g/mol. The minimum Gasteiger partial charge on any atom is -0.493 e. The van der Waals surface area contributed by atoms with Crippen LogP contribution in [0.1, 0.15) is 17.5 Å². The smallest absolute Gasteiger partial charge is 0.161 e. The van der Waals surface area contributed by atoms with Gasteiger partial charge in [0.25, 0.3) is 0 Å². The highest BCUT2D eigenvalue weighted by Gasteiger charge is 2.17. The van der Waals surface area contributed by atoms with Crippen LogP contribution in [0.4, 0.5) is 0 Å². The molecule has 5 heteroatoms. The molecular weight excluding hydrogens is 304 g/mol. The zero-order valence-corrected chi connectivity index (χ0v) is 14.0. The first-order valence-corrected chi connectivity index (χ1v) is 8.32. The van der Waals surface area contributed by atoms with Crippen molar-refractivity contribution < 1.29 is 14.2 Å². The molecule has 1 aromatic carbocycles. The topological polar surface area (TPSA) is 52.6 Å². The number of pyridine rings is 1. The van der Waals surface area contributed by atoms with Gasteiger partial charge in [0, 0.05) is 38.0 Å². The van der Waals surface area contributed by atoms with Crippen LogP contribution in [-0.4, -0.2) is 31.9 Å². The van der Waals surface area contributed by atoms with Crippen LogP contribution in [-0.2, 0) is 17.8 Å². The number of methoxy groups -OCH3 is 1. The predicted octanol–water partition coefficient (Wildman–Crippen LogP) is 2.80. The first-order valence-electron chi connectivity index (χ1n) is 8.32. The summed E-state index contributed by atoms with van der Waals surface area (Å²) in [4.78, 5) is 4.12. The molecule has 1 N–H and O–H groups in total. The van der Waals surface area contributed by atoms with E-state index in [1.807, 2.05) is 24.4 Å². The van der Waals surface area contributed by atoms with Crippen molar-refractivity contribution in [1.29, 1.82) is 0 Å². The summed E-state index contributed by atoms with van der Waals surface area (Å²) in [7, 11) is 1.67. The maximum Gasteiger partial charge on any atom is 0.161 e. The summed E-state index contributed by atoms with van der Waals surface area (Å²) >= 11 is 0. The van der Waals surface area contributed by atoms with Crippen molar-refractivity contribution in [2.24, 2.45) is 5.92 Å². The summed E-state index contributed by atoms with van der Waals surface area (Å²) in [6.07, 6.45) is 4.72. The lowest BCUT2D eigenvalue weighted by atomic mass is 10.1. The quantitative estimate of drug-likeness (QED) is 0.807. The lowest BCUT2D eigenvalue weighted by molar-refractivity contribution is 0.165. The number of nitrogens with zero attached hydrogens (tertiary/aromatic N) is 1. The second-order valence-electron chi connectivity index (χ2n) is 5.99. The number of benzene rings is 1. The van der Waals surface area contributed by atoms with Gasteiger partial charge >= 0.3 is 0 Å². The van der Waals surface area contributed by atoms with Crippen LogP contribution in [0.2, 0.25) is 0 Å². The van der Waals surface area contributed by atoms with Crippen LogP contribution >= 0.6 is 0 Å². The molecule has 1 aromatic heterocycles. The van der Waals surface area contributed by atoms with E-state index in [0.717, 1.165) is 49.8 Å². The third kappa shape index (κ3) is 4.69. The number of ether oxygens (including phenoxy) is 3. The Hall–Kier alpha value is -2.11. The molecule has 1 aliphatic rings. The summed E-state index contributed by atoms with van der Waals surface area (Å²) in [5, 5.41) is 3.42. The summed E-state index contributed by atoms with van der Waals surface area (Å²) in [6, 6.07) is 10.1. The Labute approximate surface area is 143 Å². The minimum absolute atomic E-state index is 0.474. The van der Waals surface area contributed by atoms with E-state index in [2.05, 4.69) is 22.4 Å². The molecule has 1 saturated heterocycles. The Morgan fingerprint density at radius 3 is 2.88 bits per heavy atom. The zero-order chi connectivity index (χ0) is 16.6. The number of nitrogens with one attached hydrogen (secondary N) is 1. The van der Waals surface area contributed by atoms with Crippen molar-refractivity contribution >= 4 is 0 Å². The summed E-state index contributed by atoms with van der Waals surface area (Å²) < 4.78 is 16.8. The fourth-order valence-corrected chi connectivity index (χ4v) is 2.72. The highest BCUT2D eigenvalue weighted by atomic mass is 16.5. The van der Waals surface area contributed by atoms with Crippen LogP contribution in [0.25, 0.3) is 0 Å². The summed E-state index contributed by atoms with van der Waals surface area (Å²) in [6.45, 7) is 3.85. The maximum absolute atomic E-state index is 5.97. The first-order chi connectivity index (χ1) is 11.8. The number of hydrogen-bond acceptors (Lipinski definition) is 5. The molecule has 0 saturated carbocycles. The Kier molecular flexibility index (Phi) is 6.04. The van der Waals surface area contributed by atoms with Crippen LogP contribution in [0, 0.1) is 5.92 Å². The molecular formula is C19H24N2O3. The average molecular weight is 328 g/mol. The van der Waals surface area contributed by atoms with Gasteiger partial charge < -0.3 is 19.5 Å². The van der Waals surface area contributed by atoms with Gasteiger partial charge in [-0.15, -0.1) is 0 Å². The Morgan fingerprint density at radius 2 is 2.12 bits per heavy atom. The number of hydrogen-bond donors (Lipinski definition) is 1. The molecule has 0 aliphatic carbocycles. The minimum atomic E-state index is 0.474. The van der Waals surface area contributed by atoms with Crippen LogP contribution < -0.4 is 14.8 Å². The fourth-order valence-electron chi connectivity index (χ4n) is 2.72. The standard InChI is InChI=1S/C19H24N2O3/c1-22-18-5-4-15(10-21-12-16-3-2-7-20-11-16)9-19(18)24-14-17-6-8-23-13-17/h2-5,7,9,11,17,21H,6,8,10,12-14H2,1H3. The molecule has 0 radical (unpaired) electrons. The molecule has 2 heterocycles. The molecule has 24 heavy (non-hydrogen) atoms. The van der Waals surface area contributed by atoms with Gasteiger partial charge in [0.2, 0.25) is 0 Å². The van der Waals surface area contributed by atoms with Gasteiger partial charge in [0.05, 0.1) is 20.3 Å². The van der Waals surface area contributed by atoms with E-state index in [9.17, 15) is 0 Å². The van der Waals surface area contributed by atoms with Gasteiger partial charge in [-0.1, -0.05) is 12.1 Å². The third-order valence-electron chi connectivity index (χ3n) is 4.11. The molecule has 128 valence electrons. The van der Waals surface area contributed by atoms with E-state index in [1.54, 1.807) is 13.3 Å². The Bertz CT molecular complexity index is 628. The van der Waals surface area contributed by atoms with Crippen molar-refractivity contribution in [2.75, 3.05) is 26.9 Å². The van der Waals surface area contributed by atoms with E-state index in [4.69, 9.17) is 14.2 Å². The molecule has 3 rings (SSSR count). The van der Waals surface area contributed by atoms with Gasteiger partial charge in [-0.3, -0.25) is 4.98 Å². The summed E-state index contributed by atoms with van der Waals surface area (Å²) in [5.41, 5.74) is 2.33. The van der Waals surface area contributed by atoms with Crippen LogP contribution in [0.5, 0.6) is 11.5 Å². The van der Waals surface area contributed by atoms with Gasteiger partial charge in [-0.05, 0) is 35.7 Å². The highest BCUT2D eigenvalue weighted by molar-refractivity contribution is 5.43. The molecule has 1 fully saturated rings. The molecule has 2 aromatic rings. The van der Waals surface area contributed by atoms with E-state index in [1.165, 1.54) is 5.56 Å². The van der Waals surface area contributed by atoms with E-state index >= 15 is 0 Å². The second kappa shape index (κ2) is 8.66. The van der Waals surface area contributed by atoms with Gasteiger partial charge in [0.15, 0.2) is 11.5 Å². The molecule has 0 bridgehead atoms. The van der Waals surface area contributed by atoms with Crippen molar-refractivity contribution in [3.8, 4) is 11.5 Å². The maximum atomic E-state index is 5.97. The van der Waals surface area contributed by atoms with Crippen molar-refractivity contribution in [2.45, 2.75) is 19.5 Å². The first kappa shape index (κ1) is 16.7. The zero-order valence-electron chi connectivity index (χ0n) is 14.0.